The Morgan fingerprint density at radius 1 is 1.38 bits per heavy atom. The van der Waals surface area contributed by atoms with Crippen molar-refractivity contribution < 1.29 is 14.7 Å². The van der Waals surface area contributed by atoms with E-state index in [1.165, 1.54) is 12.1 Å². The van der Waals surface area contributed by atoms with Crippen molar-refractivity contribution in [1.29, 1.82) is 0 Å². The van der Waals surface area contributed by atoms with Crippen LogP contribution in [-0.4, -0.2) is 27.1 Å². The molecule has 0 saturated heterocycles. The fourth-order valence-corrected chi connectivity index (χ4v) is 1.87. The van der Waals surface area contributed by atoms with E-state index >= 15 is 0 Å². The number of anilines is 1. The first-order valence-electron chi connectivity index (χ1n) is 6.38. The van der Waals surface area contributed by atoms with Crippen molar-refractivity contribution in [2.75, 3.05) is 5.32 Å². The molecule has 7 heteroatoms. The molecule has 2 rings (SSSR count). The Labute approximate surface area is 121 Å². The predicted molar refractivity (Wildman–Crippen MR) is 77.3 cm³/mol. The first kappa shape index (κ1) is 14.6. The van der Waals surface area contributed by atoms with Crippen LogP contribution in [0.2, 0.25) is 0 Å². The summed E-state index contributed by atoms with van der Waals surface area (Å²) in [6, 6.07) is 3.87. The van der Waals surface area contributed by atoms with E-state index < -0.39 is 5.97 Å². The van der Waals surface area contributed by atoms with Gasteiger partial charge in [-0.15, -0.1) is 0 Å². The summed E-state index contributed by atoms with van der Waals surface area (Å²) in [5.41, 5.74) is 1.42. The molecule has 2 aromatic rings. The number of hydrogen-bond acceptors (Lipinski definition) is 3. The number of amides is 2. The number of aromatic carboxylic acids is 1. The van der Waals surface area contributed by atoms with Gasteiger partial charge in [0.1, 0.15) is 5.82 Å². The molecule has 0 saturated carbocycles. The number of H-pyrrole nitrogens is 1. The van der Waals surface area contributed by atoms with Gasteiger partial charge >= 0.3 is 12.0 Å². The lowest BCUT2D eigenvalue weighted by molar-refractivity contribution is 0.0697. The fourth-order valence-electron chi connectivity index (χ4n) is 1.87. The van der Waals surface area contributed by atoms with Crippen LogP contribution in [0.25, 0.3) is 0 Å². The van der Waals surface area contributed by atoms with E-state index in [1.54, 1.807) is 32.3 Å². The molecule has 1 atom stereocenters. The van der Waals surface area contributed by atoms with E-state index in [9.17, 15) is 9.59 Å². The third-order valence-electron chi connectivity index (χ3n) is 3.00. The van der Waals surface area contributed by atoms with Gasteiger partial charge in [-0.1, -0.05) is 0 Å². The highest BCUT2D eigenvalue weighted by molar-refractivity contribution is 5.92. The molecule has 0 spiro atoms. The van der Waals surface area contributed by atoms with Crippen molar-refractivity contribution in [2.45, 2.75) is 19.9 Å². The summed E-state index contributed by atoms with van der Waals surface area (Å²) < 4.78 is 0. The number of carbonyl (C=O) groups is 2. The van der Waals surface area contributed by atoms with Gasteiger partial charge in [0.05, 0.1) is 11.6 Å². The number of benzene rings is 1. The molecule has 4 N–H and O–H groups in total. The van der Waals surface area contributed by atoms with Crippen LogP contribution in [0.15, 0.2) is 30.6 Å². The minimum absolute atomic E-state index is 0.183. The summed E-state index contributed by atoms with van der Waals surface area (Å²) in [4.78, 5) is 29.7. The van der Waals surface area contributed by atoms with Crippen molar-refractivity contribution in [3.05, 3.63) is 47.5 Å². The molecule has 21 heavy (non-hydrogen) atoms. The second kappa shape index (κ2) is 6.08. The number of imidazole rings is 1. The first-order chi connectivity index (χ1) is 9.97. The first-order valence-corrected chi connectivity index (χ1v) is 6.38. The molecule has 1 aromatic carbocycles. The average molecular weight is 288 g/mol. The number of carboxylic acids is 1. The number of carboxylic acid groups (broad SMARTS) is 1. The van der Waals surface area contributed by atoms with Crippen LogP contribution in [0.4, 0.5) is 10.5 Å². The van der Waals surface area contributed by atoms with Gasteiger partial charge in [-0.05, 0) is 37.6 Å². The Bertz CT molecular complexity index is 652. The zero-order valence-electron chi connectivity index (χ0n) is 11.7. The summed E-state index contributed by atoms with van der Waals surface area (Å²) in [5, 5.41) is 14.3. The summed E-state index contributed by atoms with van der Waals surface area (Å²) in [6.07, 6.45) is 3.29. The van der Waals surface area contributed by atoms with Gasteiger partial charge in [0, 0.05) is 18.1 Å². The largest absolute Gasteiger partial charge is 0.478 e. The molecular weight excluding hydrogens is 272 g/mol. The van der Waals surface area contributed by atoms with Crippen LogP contribution in [0.1, 0.15) is 34.7 Å². The number of hydrogen-bond donors (Lipinski definition) is 4. The molecule has 0 radical (unpaired) electrons. The molecule has 1 heterocycles. The molecular formula is C14H16N4O3. The molecule has 0 aliphatic heterocycles. The molecule has 1 unspecified atom stereocenters. The Balaban J connectivity index is 2.01. The Morgan fingerprint density at radius 2 is 2.14 bits per heavy atom. The number of aryl methyl sites for hydroxylation is 1. The van der Waals surface area contributed by atoms with Crippen LogP contribution in [0.5, 0.6) is 0 Å². The maximum Gasteiger partial charge on any atom is 0.335 e. The number of nitrogens with one attached hydrogen (secondary N) is 3. The summed E-state index contributed by atoms with van der Waals surface area (Å²) in [6.45, 7) is 3.54. The SMILES string of the molecule is Cc1cc(C(=O)O)ccc1NC(=O)NC(C)c1ncc[nH]1. The maximum absolute atomic E-state index is 11.9. The smallest absolute Gasteiger partial charge is 0.335 e. The number of aromatic amines is 1. The maximum atomic E-state index is 11.9. The van der Waals surface area contributed by atoms with E-state index in [0.29, 0.717) is 17.1 Å². The topological polar surface area (TPSA) is 107 Å². The van der Waals surface area contributed by atoms with Crippen LogP contribution in [-0.2, 0) is 0 Å². The Hall–Kier alpha value is -2.83. The Kier molecular flexibility index (Phi) is 4.22. The molecule has 2 amide bonds. The second-order valence-corrected chi connectivity index (χ2v) is 4.63. The van der Waals surface area contributed by atoms with E-state index in [2.05, 4.69) is 20.6 Å². The lowest BCUT2D eigenvalue weighted by Gasteiger charge is -2.14. The van der Waals surface area contributed by atoms with E-state index in [0.717, 1.165) is 0 Å². The number of urea groups is 1. The summed E-state index contributed by atoms with van der Waals surface area (Å²) in [5.74, 6) is -0.344. The Morgan fingerprint density at radius 3 is 2.71 bits per heavy atom. The zero-order valence-corrected chi connectivity index (χ0v) is 11.7. The van der Waals surface area contributed by atoms with Crippen LogP contribution >= 0.6 is 0 Å². The zero-order chi connectivity index (χ0) is 15.4. The number of nitrogens with zero attached hydrogens (tertiary/aromatic N) is 1. The molecule has 0 aliphatic carbocycles. The standard InChI is InChI=1S/C14H16N4O3/c1-8-7-10(13(19)20)3-4-11(8)18-14(21)17-9(2)12-15-5-6-16-12/h3-7,9H,1-2H3,(H,15,16)(H,19,20)(H2,17,18,21). The highest BCUT2D eigenvalue weighted by atomic mass is 16.4. The minimum atomic E-state index is -0.999. The molecule has 0 bridgehead atoms. The summed E-state index contributed by atoms with van der Waals surface area (Å²) in [7, 11) is 0. The van der Waals surface area contributed by atoms with E-state index in [4.69, 9.17) is 5.11 Å². The van der Waals surface area contributed by atoms with E-state index in [-0.39, 0.29) is 17.6 Å². The normalized spacial score (nSPS) is 11.7. The second-order valence-electron chi connectivity index (χ2n) is 4.63. The molecule has 7 nitrogen and oxygen atoms in total. The van der Waals surface area contributed by atoms with Crippen LogP contribution < -0.4 is 10.6 Å². The average Bonchev–Trinajstić information content (AvgIpc) is 2.94. The van der Waals surface area contributed by atoms with Crippen LogP contribution in [0, 0.1) is 6.92 Å². The van der Waals surface area contributed by atoms with Crippen molar-refractivity contribution in [2.24, 2.45) is 0 Å². The summed E-state index contributed by atoms with van der Waals surface area (Å²) >= 11 is 0. The lowest BCUT2D eigenvalue weighted by Crippen LogP contribution is -2.31. The monoisotopic (exact) mass is 288 g/mol. The molecule has 110 valence electrons. The van der Waals surface area contributed by atoms with Gasteiger partial charge in [0.25, 0.3) is 0 Å². The van der Waals surface area contributed by atoms with Gasteiger partial charge in [-0.2, -0.15) is 0 Å². The highest BCUT2D eigenvalue weighted by Gasteiger charge is 2.12. The lowest BCUT2D eigenvalue weighted by atomic mass is 10.1. The molecule has 0 aliphatic rings. The predicted octanol–water partition coefficient (Wildman–Crippen LogP) is 2.30. The molecule has 1 aromatic heterocycles. The third-order valence-corrected chi connectivity index (χ3v) is 3.00. The van der Waals surface area contributed by atoms with E-state index in [1.807, 2.05) is 0 Å². The van der Waals surface area contributed by atoms with Crippen molar-refractivity contribution in [3.63, 3.8) is 0 Å². The van der Waals surface area contributed by atoms with Crippen LogP contribution in [0.3, 0.4) is 0 Å². The van der Waals surface area contributed by atoms with Crippen molar-refractivity contribution >= 4 is 17.7 Å². The number of carbonyl (C=O) groups excluding carboxylic acids is 1. The quantitative estimate of drug-likeness (QED) is 0.692. The number of aromatic nitrogens is 2. The third kappa shape index (κ3) is 3.59. The van der Waals surface area contributed by atoms with Gasteiger partial charge in [-0.3, -0.25) is 0 Å². The van der Waals surface area contributed by atoms with Gasteiger partial charge in [0.15, 0.2) is 0 Å². The van der Waals surface area contributed by atoms with Gasteiger partial charge in [-0.25, -0.2) is 14.6 Å². The minimum Gasteiger partial charge on any atom is -0.478 e. The van der Waals surface area contributed by atoms with Crippen molar-refractivity contribution in [3.8, 4) is 0 Å². The van der Waals surface area contributed by atoms with Gasteiger partial charge < -0.3 is 20.7 Å². The fraction of sp³-hybridized carbons (Fsp3) is 0.214. The highest BCUT2D eigenvalue weighted by Crippen LogP contribution is 2.17. The molecule has 0 fully saturated rings. The van der Waals surface area contributed by atoms with Gasteiger partial charge in [0.2, 0.25) is 0 Å². The number of rotatable bonds is 4. The van der Waals surface area contributed by atoms with Crippen molar-refractivity contribution in [1.82, 2.24) is 15.3 Å².